The van der Waals surface area contributed by atoms with Crippen molar-refractivity contribution in [3.63, 3.8) is 0 Å². The average molecular weight is 105 g/mol. The molecule has 0 amide bonds. The van der Waals surface area contributed by atoms with Crippen molar-refractivity contribution in [3.05, 3.63) is 0 Å². The van der Waals surface area contributed by atoms with E-state index in [1.54, 1.807) is 12.8 Å². The molecular weight excluding hydrogens is 99.0 g/mol. The predicted molar refractivity (Wildman–Crippen MR) is 31.2 cm³/mol. The average Bonchev–Trinajstić information content (AvgIpc) is 1.68. The van der Waals surface area contributed by atoms with Crippen molar-refractivity contribution in [2.75, 3.05) is 6.61 Å². The molecule has 0 aromatic rings. The maximum Gasteiger partial charge on any atom is 0.384 e. The second-order valence-corrected chi connectivity index (χ2v) is 0.865. The zero-order valence-electron chi connectivity index (χ0n) is 5.10. The standard InChI is InChI=1S/C5H6O2.Li/c1-3-5(6)7-4-2;/h1H,4H2,2H3;. The molecule has 0 bridgehead atoms. The van der Waals surface area contributed by atoms with E-state index >= 15 is 0 Å². The first-order valence-electron chi connectivity index (χ1n) is 1.94. The summed E-state index contributed by atoms with van der Waals surface area (Å²) < 4.78 is 4.32. The summed E-state index contributed by atoms with van der Waals surface area (Å²) in [4.78, 5) is 9.95. The first-order chi connectivity index (χ1) is 3.31. The van der Waals surface area contributed by atoms with Crippen molar-refractivity contribution in [3.8, 4) is 12.3 Å². The first kappa shape index (κ1) is 10.6. The van der Waals surface area contributed by atoms with Gasteiger partial charge in [0, 0.05) is 24.8 Å². The van der Waals surface area contributed by atoms with Gasteiger partial charge in [-0.2, -0.15) is 0 Å². The summed E-state index contributed by atoms with van der Waals surface area (Å²) in [7, 11) is 0. The van der Waals surface area contributed by atoms with E-state index in [4.69, 9.17) is 0 Å². The topological polar surface area (TPSA) is 26.3 Å². The SMILES string of the molecule is C#CC(=O)OCC.[Li]. The van der Waals surface area contributed by atoms with Gasteiger partial charge in [-0.3, -0.25) is 0 Å². The quantitative estimate of drug-likeness (QED) is 0.200. The summed E-state index contributed by atoms with van der Waals surface area (Å²) in [6.07, 6.45) is 4.63. The molecule has 0 unspecified atom stereocenters. The van der Waals surface area contributed by atoms with Crippen molar-refractivity contribution in [1.82, 2.24) is 0 Å². The molecule has 0 heterocycles. The number of carbonyl (C=O) groups is 1. The molecular formula is C5H6LiO2. The molecule has 0 aliphatic heterocycles. The normalized spacial score (nSPS) is 6.00. The fourth-order valence-corrected chi connectivity index (χ4v) is 0.173. The number of rotatable bonds is 1. The van der Waals surface area contributed by atoms with Crippen LogP contribution in [0.25, 0.3) is 0 Å². The van der Waals surface area contributed by atoms with Crippen molar-refractivity contribution in [2.45, 2.75) is 6.92 Å². The molecule has 2 nitrogen and oxygen atoms in total. The summed E-state index contributed by atoms with van der Waals surface area (Å²) in [6, 6.07) is 0. The Hall–Kier alpha value is -0.373. The van der Waals surface area contributed by atoms with Gasteiger partial charge in [0.1, 0.15) is 0 Å². The number of ether oxygens (including phenoxy) is 1. The molecule has 0 aromatic carbocycles. The van der Waals surface area contributed by atoms with Gasteiger partial charge >= 0.3 is 5.97 Å². The first-order valence-corrected chi connectivity index (χ1v) is 1.94. The fraction of sp³-hybridized carbons (Fsp3) is 0.400. The fourth-order valence-electron chi connectivity index (χ4n) is 0.173. The Bertz CT molecular complexity index is 103. The zero-order chi connectivity index (χ0) is 5.70. The molecule has 0 saturated heterocycles. The molecule has 0 spiro atoms. The van der Waals surface area contributed by atoms with Crippen molar-refractivity contribution in [2.24, 2.45) is 0 Å². The second kappa shape index (κ2) is 6.63. The van der Waals surface area contributed by atoms with Crippen LogP contribution in [0.3, 0.4) is 0 Å². The van der Waals surface area contributed by atoms with Crippen LogP contribution < -0.4 is 0 Å². The molecule has 39 valence electrons. The summed E-state index contributed by atoms with van der Waals surface area (Å²) in [5, 5.41) is 0. The van der Waals surface area contributed by atoms with Crippen LogP contribution >= 0.6 is 0 Å². The maximum atomic E-state index is 9.95. The van der Waals surface area contributed by atoms with Crippen LogP contribution in [-0.2, 0) is 9.53 Å². The third kappa shape index (κ3) is 5.63. The van der Waals surface area contributed by atoms with Gasteiger partial charge in [0.2, 0.25) is 0 Å². The maximum absolute atomic E-state index is 9.95. The van der Waals surface area contributed by atoms with Gasteiger partial charge in [0.25, 0.3) is 0 Å². The van der Waals surface area contributed by atoms with E-state index in [0.717, 1.165) is 0 Å². The molecule has 3 heteroatoms. The van der Waals surface area contributed by atoms with Crippen LogP contribution in [0.4, 0.5) is 0 Å². The predicted octanol–water partition coefficient (Wildman–Crippen LogP) is -0.198. The molecule has 0 fully saturated rings. The number of carbonyl (C=O) groups excluding carboxylic acids is 1. The van der Waals surface area contributed by atoms with E-state index in [0.29, 0.717) is 6.61 Å². The Labute approximate surface area is 60.8 Å². The van der Waals surface area contributed by atoms with E-state index < -0.39 is 5.97 Å². The van der Waals surface area contributed by atoms with Gasteiger partial charge in [-0.25, -0.2) is 4.79 Å². The zero-order valence-corrected chi connectivity index (χ0v) is 5.10. The Morgan fingerprint density at radius 3 is 2.50 bits per heavy atom. The van der Waals surface area contributed by atoms with Crippen molar-refractivity contribution in [1.29, 1.82) is 0 Å². The Kier molecular flexibility index (Phi) is 8.76. The minimum Gasteiger partial charge on any atom is -0.456 e. The van der Waals surface area contributed by atoms with Crippen LogP contribution in [0.2, 0.25) is 0 Å². The molecule has 1 radical (unpaired) electrons. The smallest absolute Gasteiger partial charge is 0.384 e. The van der Waals surface area contributed by atoms with Gasteiger partial charge in [0.05, 0.1) is 6.61 Å². The molecule has 0 aliphatic rings. The van der Waals surface area contributed by atoms with Crippen LogP contribution in [-0.4, -0.2) is 31.4 Å². The Morgan fingerprint density at radius 2 is 2.38 bits per heavy atom. The Morgan fingerprint density at radius 1 is 1.88 bits per heavy atom. The summed E-state index contributed by atoms with van der Waals surface area (Å²) >= 11 is 0. The summed E-state index contributed by atoms with van der Waals surface area (Å²) in [5.74, 6) is 1.21. The third-order valence-corrected chi connectivity index (χ3v) is 0.393. The van der Waals surface area contributed by atoms with E-state index in [1.165, 1.54) is 0 Å². The number of hydrogen-bond acceptors (Lipinski definition) is 2. The summed E-state index contributed by atoms with van der Waals surface area (Å²) in [6.45, 7) is 2.05. The second-order valence-electron chi connectivity index (χ2n) is 0.865. The molecule has 0 aromatic heterocycles. The van der Waals surface area contributed by atoms with Gasteiger partial charge < -0.3 is 4.74 Å². The van der Waals surface area contributed by atoms with Crippen LogP contribution in [0.1, 0.15) is 6.92 Å². The molecule has 0 N–H and O–H groups in total. The van der Waals surface area contributed by atoms with Crippen LogP contribution in [0.5, 0.6) is 0 Å². The van der Waals surface area contributed by atoms with E-state index in [2.05, 4.69) is 11.2 Å². The van der Waals surface area contributed by atoms with Gasteiger partial charge in [-0.15, -0.1) is 6.42 Å². The largest absolute Gasteiger partial charge is 0.456 e. The molecule has 0 rings (SSSR count). The minimum absolute atomic E-state index is 0. The minimum atomic E-state index is -0.595. The van der Waals surface area contributed by atoms with Gasteiger partial charge in [0.15, 0.2) is 0 Å². The molecule has 8 heavy (non-hydrogen) atoms. The molecule has 0 saturated carbocycles. The molecule has 0 atom stereocenters. The van der Waals surface area contributed by atoms with Crippen LogP contribution in [0, 0.1) is 12.3 Å². The Balaban J connectivity index is 0. The van der Waals surface area contributed by atoms with Gasteiger partial charge in [-0.1, -0.05) is 0 Å². The number of hydrogen-bond donors (Lipinski definition) is 0. The van der Waals surface area contributed by atoms with E-state index in [-0.39, 0.29) is 18.9 Å². The number of terminal acetylenes is 1. The third-order valence-electron chi connectivity index (χ3n) is 0.393. The van der Waals surface area contributed by atoms with Gasteiger partial charge in [-0.05, 0) is 6.92 Å². The van der Waals surface area contributed by atoms with E-state index in [1.807, 2.05) is 0 Å². The number of esters is 1. The van der Waals surface area contributed by atoms with Crippen molar-refractivity contribution >= 4 is 24.8 Å². The monoisotopic (exact) mass is 105 g/mol. The molecule has 0 aliphatic carbocycles. The summed E-state index contributed by atoms with van der Waals surface area (Å²) in [5.41, 5.74) is 0. The van der Waals surface area contributed by atoms with Crippen molar-refractivity contribution < 1.29 is 9.53 Å². The van der Waals surface area contributed by atoms with E-state index in [9.17, 15) is 4.79 Å². The van der Waals surface area contributed by atoms with Crippen LogP contribution in [0.15, 0.2) is 0 Å².